The summed E-state index contributed by atoms with van der Waals surface area (Å²) in [5.41, 5.74) is 1.38. The minimum absolute atomic E-state index is 0.0329. The number of para-hydroxylation sites is 1. The average molecular weight is 337 g/mol. The maximum absolute atomic E-state index is 12.1. The summed E-state index contributed by atoms with van der Waals surface area (Å²) in [4.78, 5) is 12.1. The molecule has 2 aromatic carbocycles. The fourth-order valence-electron chi connectivity index (χ4n) is 2.17. The second-order valence-corrected chi connectivity index (χ2v) is 5.06. The molecular weight excluding hydrogens is 318 g/mol. The van der Waals surface area contributed by atoms with E-state index in [9.17, 15) is 10.1 Å². The van der Waals surface area contributed by atoms with Gasteiger partial charge in [-0.3, -0.25) is 0 Å². The molecule has 128 valence electrons. The van der Waals surface area contributed by atoms with Gasteiger partial charge in [-0.25, -0.2) is 4.79 Å². The third-order valence-electron chi connectivity index (χ3n) is 3.39. The van der Waals surface area contributed by atoms with Crippen LogP contribution in [0.5, 0.6) is 11.5 Å². The molecule has 5 nitrogen and oxygen atoms in total. The van der Waals surface area contributed by atoms with E-state index in [4.69, 9.17) is 14.2 Å². The molecule has 0 unspecified atom stereocenters. The van der Waals surface area contributed by atoms with Crippen molar-refractivity contribution in [1.82, 2.24) is 0 Å². The highest BCUT2D eigenvalue weighted by Gasteiger charge is 2.12. The topological polar surface area (TPSA) is 68.5 Å². The third kappa shape index (κ3) is 5.11. The quantitative estimate of drug-likeness (QED) is 0.437. The number of esters is 1. The van der Waals surface area contributed by atoms with Gasteiger partial charge in [0.25, 0.3) is 0 Å². The molecule has 0 bridgehead atoms. The molecule has 0 saturated heterocycles. The van der Waals surface area contributed by atoms with Crippen molar-refractivity contribution < 1.29 is 19.0 Å². The van der Waals surface area contributed by atoms with Crippen LogP contribution in [0, 0.1) is 11.3 Å². The lowest BCUT2D eigenvalue weighted by molar-refractivity contribution is -0.139. The summed E-state index contributed by atoms with van der Waals surface area (Å²) in [5.74, 6) is 0.684. The fourth-order valence-corrected chi connectivity index (χ4v) is 2.17. The molecule has 0 N–H and O–H groups in total. The molecule has 2 aromatic rings. The molecule has 0 aromatic heterocycles. The van der Waals surface area contributed by atoms with Gasteiger partial charge in [-0.2, -0.15) is 5.26 Å². The molecule has 0 aliphatic heterocycles. The molecule has 0 spiro atoms. The van der Waals surface area contributed by atoms with E-state index in [1.165, 1.54) is 6.08 Å². The Morgan fingerprint density at radius 2 is 1.88 bits per heavy atom. The maximum atomic E-state index is 12.1. The summed E-state index contributed by atoms with van der Waals surface area (Å²) in [6, 6.07) is 16.2. The van der Waals surface area contributed by atoms with E-state index < -0.39 is 5.97 Å². The minimum atomic E-state index is -0.678. The van der Waals surface area contributed by atoms with Crippen LogP contribution >= 0.6 is 0 Å². The van der Waals surface area contributed by atoms with Gasteiger partial charge < -0.3 is 14.2 Å². The van der Waals surface area contributed by atoms with E-state index in [2.05, 4.69) is 0 Å². The van der Waals surface area contributed by atoms with Crippen molar-refractivity contribution in [2.45, 2.75) is 13.5 Å². The van der Waals surface area contributed by atoms with Crippen LogP contribution in [0.25, 0.3) is 6.08 Å². The summed E-state index contributed by atoms with van der Waals surface area (Å²) in [7, 11) is 1.55. The Morgan fingerprint density at radius 3 is 2.52 bits per heavy atom. The Morgan fingerprint density at radius 1 is 1.16 bits per heavy atom. The molecule has 0 atom stereocenters. The van der Waals surface area contributed by atoms with Crippen LogP contribution in [0.2, 0.25) is 0 Å². The Hall–Kier alpha value is -3.26. The second-order valence-electron chi connectivity index (χ2n) is 5.06. The predicted molar refractivity (Wildman–Crippen MR) is 94.0 cm³/mol. The molecule has 0 aliphatic carbocycles. The fraction of sp³-hybridized carbons (Fsp3) is 0.200. The van der Waals surface area contributed by atoms with Crippen LogP contribution in [0.1, 0.15) is 18.1 Å². The summed E-state index contributed by atoms with van der Waals surface area (Å²) in [5, 5.41) is 9.23. The van der Waals surface area contributed by atoms with Crippen LogP contribution < -0.4 is 9.47 Å². The third-order valence-corrected chi connectivity index (χ3v) is 3.39. The van der Waals surface area contributed by atoms with Gasteiger partial charge >= 0.3 is 5.97 Å². The van der Waals surface area contributed by atoms with Crippen LogP contribution in [0.15, 0.2) is 54.1 Å². The van der Waals surface area contributed by atoms with Gasteiger partial charge in [0.1, 0.15) is 29.7 Å². The molecule has 0 radical (unpaired) electrons. The first kappa shape index (κ1) is 18.1. The summed E-state index contributed by atoms with van der Waals surface area (Å²) < 4.78 is 15.8. The number of nitrogens with zero attached hydrogens (tertiary/aromatic N) is 1. The van der Waals surface area contributed by atoms with Crippen molar-refractivity contribution in [2.24, 2.45) is 0 Å². The lowest BCUT2D eigenvalue weighted by Crippen LogP contribution is -2.07. The zero-order valence-electron chi connectivity index (χ0n) is 14.2. The number of methoxy groups -OCH3 is 1. The number of benzene rings is 2. The smallest absolute Gasteiger partial charge is 0.349 e. The summed E-state index contributed by atoms with van der Waals surface area (Å²) >= 11 is 0. The largest absolute Gasteiger partial charge is 0.496 e. The molecule has 25 heavy (non-hydrogen) atoms. The van der Waals surface area contributed by atoms with Gasteiger partial charge in [-0.1, -0.05) is 30.3 Å². The van der Waals surface area contributed by atoms with E-state index in [0.29, 0.717) is 17.9 Å². The van der Waals surface area contributed by atoms with Crippen molar-refractivity contribution in [2.75, 3.05) is 13.7 Å². The van der Waals surface area contributed by atoms with Gasteiger partial charge in [0, 0.05) is 5.56 Å². The number of rotatable bonds is 7. The number of carbonyl (C=O) groups excluding carboxylic acids is 1. The molecule has 0 saturated carbocycles. The normalized spacial score (nSPS) is 10.7. The maximum Gasteiger partial charge on any atom is 0.349 e. The zero-order valence-corrected chi connectivity index (χ0v) is 14.2. The Kier molecular flexibility index (Phi) is 6.61. The minimum Gasteiger partial charge on any atom is -0.496 e. The first-order valence-electron chi connectivity index (χ1n) is 7.81. The van der Waals surface area contributed by atoms with Gasteiger partial charge in [0.15, 0.2) is 0 Å². The second kappa shape index (κ2) is 9.14. The molecule has 0 fully saturated rings. The van der Waals surface area contributed by atoms with Crippen LogP contribution in [0.3, 0.4) is 0 Å². The Balaban J connectivity index is 2.06. The van der Waals surface area contributed by atoms with E-state index >= 15 is 0 Å². The van der Waals surface area contributed by atoms with Gasteiger partial charge in [0.05, 0.1) is 13.7 Å². The number of hydrogen-bond donors (Lipinski definition) is 0. The van der Waals surface area contributed by atoms with Crippen molar-refractivity contribution in [1.29, 1.82) is 5.26 Å². The highest BCUT2D eigenvalue weighted by atomic mass is 16.5. The number of nitriles is 1. The van der Waals surface area contributed by atoms with E-state index in [1.807, 2.05) is 25.1 Å². The lowest BCUT2D eigenvalue weighted by atomic mass is 10.1. The van der Waals surface area contributed by atoms with E-state index in [1.54, 1.807) is 43.5 Å². The number of ether oxygens (including phenoxy) is 3. The first-order valence-corrected chi connectivity index (χ1v) is 7.81. The Bertz CT molecular complexity index is 788. The van der Waals surface area contributed by atoms with Crippen LogP contribution in [0.4, 0.5) is 0 Å². The highest BCUT2D eigenvalue weighted by Crippen LogP contribution is 2.19. The van der Waals surface area contributed by atoms with Crippen LogP contribution in [-0.4, -0.2) is 19.7 Å². The van der Waals surface area contributed by atoms with Crippen molar-refractivity contribution in [3.05, 3.63) is 65.2 Å². The van der Waals surface area contributed by atoms with Gasteiger partial charge in [-0.15, -0.1) is 0 Å². The van der Waals surface area contributed by atoms with Crippen LogP contribution in [-0.2, 0) is 16.1 Å². The number of hydrogen-bond acceptors (Lipinski definition) is 5. The number of carbonyl (C=O) groups is 1. The SMILES string of the molecule is CCOc1ccc(/C=C(\C#N)C(=O)OCc2ccccc2OC)cc1. The molecule has 0 amide bonds. The predicted octanol–water partition coefficient (Wildman–Crippen LogP) is 3.74. The standard InChI is InChI=1S/C20H19NO4/c1-3-24-18-10-8-15(9-11-18)12-17(13-21)20(22)25-14-16-6-4-5-7-19(16)23-2/h4-12H,3,14H2,1-2H3/b17-12+. The molecule has 2 rings (SSSR count). The van der Waals surface area contributed by atoms with Crippen molar-refractivity contribution in [3.63, 3.8) is 0 Å². The van der Waals surface area contributed by atoms with E-state index in [-0.39, 0.29) is 12.2 Å². The highest BCUT2D eigenvalue weighted by molar-refractivity contribution is 5.97. The lowest BCUT2D eigenvalue weighted by Gasteiger charge is -2.08. The van der Waals surface area contributed by atoms with Crippen molar-refractivity contribution >= 4 is 12.0 Å². The average Bonchev–Trinajstić information content (AvgIpc) is 2.66. The molecular formula is C20H19NO4. The monoisotopic (exact) mass is 337 g/mol. The van der Waals surface area contributed by atoms with Gasteiger partial charge in [0.2, 0.25) is 0 Å². The molecule has 0 aliphatic rings. The molecule has 5 heteroatoms. The Labute approximate surface area is 147 Å². The summed E-state index contributed by atoms with van der Waals surface area (Å²) in [6.45, 7) is 2.51. The first-order chi connectivity index (χ1) is 12.2. The van der Waals surface area contributed by atoms with E-state index in [0.717, 1.165) is 11.3 Å². The van der Waals surface area contributed by atoms with Crippen molar-refractivity contribution in [3.8, 4) is 17.6 Å². The zero-order chi connectivity index (χ0) is 18.1. The summed E-state index contributed by atoms with van der Waals surface area (Å²) in [6.07, 6.45) is 1.49. The molecule has 0 heterocycles. The van der Waals surface area contributed by atoms with Gasteiger partial charge in [-0.05, 0) is 36.8 Å².